The number of amides is 1. The molecule has 4 rings (SSSR count). The summed E-state index contributed by atoms with van der Waals surface area (Å²) in [5.41, 5.74) is 0.717. The zero-order valence-corrected chi connectivity index (χ0v) is 20.0. The second kappa shape index (κ2) is 10.9. The molecule has 0 spiro atoms. The number of hydrogen-bond acceptors (Lipinski definition) is 5. The maximum atomic E-state index is 13.1. The van der Waals surface area contributed by atoms with Crippen LogP contribution in [-0.4, -0.2) is 51.0 Å². The van der Waals surface area contributed by atoms with Crippen molar-refractivity contribution < 1.29 is 22.7 Å². The molecule has 1 unspecified atom stereocenters. The van der Waals surface area contributed by atoms with Gasteiger partial charge in [0.25, 0.3) is 5.91 Å². The largest absolute Gasteiger partial charge is 0.489 e. The van der Waals surface area contributed by atoms with E-state index in [2.05, 4.69) is 5.32 Å². The number of ether oxygens (including phenoxy) is 2. The van der Waals surface area contributed by atoms with Crippen LogP contribution in [0.4, 0.5) is 5.69 Å². The number of para-hydroxylation sites is 2. The fourth-order valence-electron chi connectivity index (χ4n) is 4.10. The van der Waals surface area contributed by atoms with Crippen molar-refractivity contribution in [3.8, 4) is 5.75 Å². The molecule has 2 aliphatic heterocycles. The van der Waals surface area contributed by atoms with Gasteiger partial charge in [-0.25, -0.2) is 8.42 Å². The Balaban J connectivity index is 1.49. The second-order valence-corrected chi connectivity index (χ2v) is 10.7. The second-order valence-electron chi connectivity index (χ2n) is 8.36. The number of nitrogens with zero attached hydrogens (tertiary/aromatic N) is 1. The van der Waals surface area contributed by atoms with E-state index in [1.807, 2.05) is 6.07 Å². The fourth-order valence-corrected chi connectivity index (χ4v) is 6.12. The number of carbonyl (C=O) groups is 1. The maximum Gasteiger partial charge on any atom is 0.255 e. The van der Waals surface area contributed by atoms with E-state index in [-0.39, 0.29) is 21.6 Å². The molecule has 2 aromatic rings. The van der Waals surface area contributed by atoms with Gasteiger partial charge in [-0.2, -0.15) is 4.31 Å². The van der Waals surface area contributed by atoms with Gasteiger partial charge in [-0.15, -0.1) is 0 Å². The van der Waals surface area contributed by atoms with E-state index in [0.29, 0.717) is 31.1 Å². The summed E-state index contributed by atoms with van der Waals surface area (Å²) in [5, 5.41) is 2.94. The minimum atomic E-state index is -3.77. The van der Waals surface area contributed by atoms with Crippen LogP contribution >= 0.6 is 11.6 Å². The van der Waals surface area contributed by atoms with Crippen LogP contribution < -0.4 is 10.1 Å². The van der Waals surface area contributed by atoms with E-state index in [1.54, 1.807) is 18.2 Å². The Bertz CT molecular complexity index is 1080. The lowest BCUT2D eigenvalue weighted by Gasteiger charge is -2.26. The van der Waals surface area contributed by atoms with Crippen molar-refractivity contribution in [3.63, 3.8) is 0 Å². The average Bonchev–Trinajstić information content (AvgIpc) is 2.85. The minimum absolute atomic E-state index is 0.0429. The third kappa shape index (κ3) is 5.87. The highest BCUT2D eigenvalue weighted by Crippen LogP contribution is 2.29. The van der Waals surface area contributed by atoms with Crippen molar-refractivity contribution in [3.05, 3.63) is 53.1 Å². The van der Waals surface area contributed by atoms with Gasteiger partial charge in [-0.1, -0.05) is 30.2 Å². The standard InChI is InChI=1S/C24H29ClN2O5S/c25-20-12-11-18(16-23(20)33(29,30)27-13-5-1-6-14-27)24(28)26-21-9-2-3-10-22(21)32-17-19-8-4-7-15-31-19/h2-3,9-12,16,19H,1,4-8,13-15,17H2,(H,26,28). The van der Waals surface area contributed by atoms with Crippen molar-refractivity contribution in [2.24, 2.45) is 0 Å². The van der Waals surface area contributed by atoms with Gasteiger partial charge in [0.2, 0.25) is 10.0 Å². The Morgan fingerprint density at radius 3 is 2.64 bits per heavy atom. The van der Waals surface area contributed by atoms with Crippen LogP contribution in [0.25, 0.3) is 0 Å². The number of carbonyl (C=O) groups excluding carboxylic acids is 1. The third-order valence-electron chi connectivity index (χ3n) is 5.96. The smallest absolute Gasteiger partial charge is 0.255 e. The summed E-state index contributed by atoms with van der Waals surface area (Å²) in [5.74, 6) is 0.0990. The first-order valence-electron chi connectivity index (χ1n) is 11.4. The number of sulfonamides is 1. The average molecular weight is 493 g/mol. The number of nitrogens with one attached hydrogen (secondary N) is 1. The first kappa shape index (κ1) is 24.0. The van der Waals surface area contributed by atoms with Crippen LogP contribution in [0.3, 0.4) is 0 Å². The van der Waals surface area contributed by atoms with Crippen LogP contribution in [0.15, 0.2) is 47.4 Å². The lowest BCUT2D eigenvalue weighted by atomic mass is 10.1. The summed E-state index contributed by atoms with van der Waals surface area (Å²) in [6, 6.07) is 11.5. The quantitative estimate of drug-likeness (QED) is 0.604. The van der Waals surface area contributed by atoms with Crippen LogP contribution in [0.2, 0.25) is 5.02 Å². The molecular formula is C24H29ClN2O5S. The maximum absolute atomic E-state index is 13.1. The molecule has 2 saturated heterocycles. The molecule has 2 fully saturated rings. The summed E-state index contributed by atoms with van der Waals surface area (Å²) in [7, 11) is -3.77. The van der Waals surface area contributed by atoms with Crippen LogP contribution in [-0.2, 0) is 14.8 Å². The molecule has 0 radical (unpaired) electrons. The highest BCUT2D eigenvalue weighted by Gasteiger charge is 2.29. The molecule has 0 aromatic heterocycles. The molecule has 0 bridgehead atoms. The number of halogens is 1. The van der Waals surface area contributed by atoms with E-state index in [4.69, 9.17) is 21.1 Å². The minimum Gasteiger partial charge on any atom is -0.489 e. The molecule has 0 saturated carbocycles. The van der Waals surface area contributed by atoms with E-state index in [9.17, 15) is 13.2 Å². The number of rotatable bonds is 7. The van der Waals surface area contributed by atoms with Gasteiger partial charge in [0, 0.05) is 25.3 Å². The molecule has 2 aliphatic rings. The highest BCUT2D eigenvalue weighted by atomic mass is 35.5. The van der Waals surface area contributed by atoms with E-state index in [1.165, 1.54) is 22.5 Å². The van der Waals surface area contributed by atoms with Crippen molar-refractivity contribution in [2.45, 2.75) is 49.5 Å². The topological polar surface area (TPSA) is 84.9 Å². The summed E-state index contributed by atoms with van der Waals surface area (Å²) in [6.45, 7) is 2.08. The molecule has 1 atom stereocenters. The molecular weight excluding hydrogens is 464 g/mol. The zero-order chi connectivity index (χ0) is 23.3. The van der Waals surface area contributed by atoms with Gasteiger partial charge in [-0.05, 0) is 62.4 Å². The van der Waals surface area contributed by atoms with Crippen molar-refractivity contribution in [1.82, 2.24) is 4.31 Å². The lowest BCUT2D eigenvalue weighted by molar-refractivity contribution is -0.0109. The monoisotopic (exact) mass is 492 g/mol. The van der Waals surface area contributed by atoms with Crippen LogP contribution in [0, 0.1) is 0 Å². The summed E-state index contributed by atoms with van der Waals surface area (Å²) < 4.78 is 39.3. The first-order valence-corrected chi connectivity index (χ1v) is 13.2. The van der Waals surface area contributed by atoms with E-state index in [0.717, 1.165) is 45.1 Å². The SMILES string of the molecule is O=C(Nc1ccccc1OCC1CCCCO1)c1ccc(Cl)c(S(=O)(=O)N2CCCCC2)c1. The molecule has 2 heterocycles. The first-order chi connectivity index (χ1) is 15.9. The molecule has 178 valence electrons. The van der Waals surface area contributed by atoms with Gasteiger partial charge in [0.1, 0.15) is 17.3 Å². The number of anilines is 1. The number of hydrogen-bond donors (Lipinski definition) is 1. The molecule has 1 N–H and O–H groups in total. The van der Waals surface area contributed by atoms with E-state index >= 15 is 0 Å². The zero-order valence-electron chi connectivity index (χ0n) is 18.5. The summed E-state index contributed by atoms with van der Waals surface area (Å²) in [4.78, 5) is 13.0. The van der Waals surface area contributed by atoms with Crippen LogP contribution in [0.1, 0.15) is 48.9 Å². The number of piperidine rings is 1. The Hall–Kier alpha value is -2.13. The summed E-state index contributed by atoms with van der Waals surface area (Å²) in [6.07, 6.45) is 5.83. The Kier molecular flexibility index (Phi) is 7.90. The highest BCUT2D eigenvalue weighted by molar-refractivity contribution is 7.89. The van der Waals surface area contributed by atoms with Crippen molar-refractivity contribution in [1.29, 1.82) is 0 Å². The third-order valence-corrected chi connectivity index (χ3v) is 8.34. The van der Waals surface area contributed by atoms with Crippen molar-refractivity contribution >= 4 is 33.2 Å². The molecule has 33 heavy (non-hydrogen) atoms. The Morgan fingerprint density at radius 1 is 1.09 bits per heavy atom. The molecule has 7 nitrogen and oxygen atoms in total. The predicted molar refractivity (Wildman–Crippen MR) is 128 cm³/mol. The predicted octanol–water partition coefficient (Wildman–Crippen LogP) is 4.71. The van der Waals surface area contributed by atoms with Gasteiger partial charge in [-0.3, -0.25) is 4.79 Å². The molecule has 1 amide bonds. The van der Waals surface area contributed by atoms with Gasteiger partial charge < -0.3 is 14.8 Å². The van der Waals surface area contributed by atoms with Gasteiger partial charge in [0.05, 0.1) is 16.8 Å². The van der Waals surface area contributed by atoms with Crippen LogP contribution in [0.5, 0.6) is 5.75 Å². The van der Waals surface area contributed by atoms with E-state index < -0.39 is 15.9 Å². The molecule has 9 heteroatoms. The Morgan fingerprint density at radius 2 is 1.88 bits per heavy atom. The molecule has 2 aromatic carbocycles. The Labute approximate surface area is 200 Å². The molecule has 0 aliphatic carbocycles. The van der Waals surface area contributed by atoms with Crippen molar-refractivity contribution in [2.75, 3.05) is 31.6 Å². The summed E-state index contributed by atoms with van der Waals surface area (Å²) >= 11 is 6.24. The normalized spacial score (nSPS) is 19.7. The van der Waals surface area contributed by atoms with Gasteiger partial charge >= 0.3 is 0 Å². The number of benzene rings is 2. The van der Waals surface area contributed by atoms with Gasteiger partial charge in [0.15, 0.2) is 0 Å². The fraction of sp³-hybridized carbons (Fsp3) is 0.458. The lowest BCUT2D eigenvalue weighted by Crippen LogP contribution is -2.35.